The molecule has 1 aliphatic rings. The predicted molar refractivity (Wildman–Crippen MR) is 41.0 cm³/mol. The standard InChI is InChI=1S/C5H11NO.C2H6O/c7-4-5-2-1-3-6-5;1-3-2/h5-7H,1-4H2;1-2H3. The van der Waals surface area contributed by atoms with Crippen molar-refractivity contribution < 1.29 is 9.84 Å². The van der Waals surface area contributed by atoms with Gasteiger partial charge in [0.25, 0.3) is 0 Å². The Kier molecular flexibility index (Phi) is 6.91. The fourth-order valence-corrected chi connectivity index (χ4v) is 0.913. The van der Waals surface area contributed by atoms with E-state index >= 15 is 0 Å². The molecule has 1 saturated heterocycles. The molecule has 1 aliphatic heterocycles. The van der Waals surface area contributed by atoms with E-state index in [1.165, 1.54) is 6.42 Å². The van der Waals surface area contributed by atoms with Gasteiger partial charge in [-0.25, -0.2) is 0 Å². The van der Waals surface area contributed by atoms with Crippen LogP contribution in [0.5, 0.6) is 0 Å². The van der Waals surface area contributed by atoms with E-state index in [9.17, 15) is 0 Å². The summed E-state index contributed by atoms with van der Waals surface area (Å²) < 4.78 is 4.25. The van der Waals surface area contributed by atoms with Crippen LogP contribution < -0.4 is 5.32 Å². The van der Waals surface area contributed by atoms with Crippen LogP contribution in [-0.2, 0) is 4.74 Å². The summed E-state index contributed by atoms with van der Waals surface area (Å²) in [5.74, 6) is 0. The van der Waals surface area contributed by atoms with Gasteiger partial charge in [0.15, 0.2) is 0 Å². The number of hydrogen-bond donors (Lipinski definition) is 2. The minimum Gasteiger partial charge on any atom is -0.395 e. The first-order valence-corrected chi connectivity index (χ1v) is 3.59. The van der Waals surface area contributed by atoms with Gasteiger partial charge in [-0.05, 0) is 19.4 Å². The van der Waals surface area contributed by atoms with Gasteiger partial charge in [0.1, 0.15) is 0 Å². The Morgan fingerprint density at radius 1 is 1.60 bits per heavy atom. The molecule has 1 atom stereocenters. The van der Waals surface area contributed by atoms with Crippen molar-refractivity contribution in [1.29, 1.82) is 0 Å². The lowest BCUT2D eigenvalue weighted by Gasteiger charge is -2.01. The number of aliphatic hydroxyl groups excluding tert-OH is 1. The first-order chi connectivity index (χ1) is 4.85. The monoisotopic (exact) mass is 147 g/mol. The normalized spacial score (nSPS) is 23.7. The van der Waals surface area contributed by atoms with Crippen LogP contribution in [0.25, 0.3) is 0 Å². The Morgan fingerprint density at radius 2 is 2.20 bits per heavy atom. The van der Waals surface area contributed by atoms with Crippen molar-refractivity contribution in [1.82, 2.24) is 5.32 Å². The molecule has 3 nitrogen and oxygen atoms in total. The summed E-state index contributed by atoms with van der Waals surface area (Å²) in [6, 6.07) is 0.403. The van der Waals surface area contributed by atoms with Gasteiger partial charge in [0.2, 0.25) is 0 Å². The molecule has 0 bridgehead atoms. The van der Waals surface area contributed by atoms with Crippen molar-refractivity contribution in [2.24, 2.45) is 0 Å². The maximum atomic E-state index is 8.50. The van der Waals surface area contributed by atoms with Crippen LogP contribution >= 0.6 is 0 Å². The zero-order valence-corrected chi connectivity index (χ0v) is 6.76. The highest BCUT2D eigenvalue weighted by molar-refractivity contribution is 4.71. The molecular weight excluding hydrogens is 130 g/mol. The van der Waals surface area contributed by atoms with Gasteiger partial charge in [0.05, 0.1) is 6.61 Å². The Bertz CT molecular complexity index is 62.6. The Labute approximate surface area is 62.4 Å². The summed E-state index contributed by atoms with van der Waals surface area (Å²) in [4.78, 5) is 0. The number of hydrogen-bond acceptors (Lipinski definition) is 3. The van der Waals surface area contributed by atoms with Gasteiger partial charge < -0.3 is 15.2 Å². The predicted octanol–water partition coefficient (Wildman–Crippen LogP) is -0.00670. The molecule has 2 N–H and O–H groups in total. The molecule has 0 radical (unpaired) electrons. The van der Waals surface area contributed by atoms with Crippen LogP contribution in [0, 0.1) is 0 Å². The Morgan fingerprint density at radius 3 is 2.40 bits per heavy atom. The summed E-state index contributed by atoms with van der Waals surface area (Å²) in [5.41, 5.74) is 0. The molecule has 1 heterocycles. The van der Waals surface area contributed by atoms with E-state index < -0.39 is 0 Å². The highest BCUT2D eigenvalue weighted by Crippen LogP contribution is 2.02. The smallest absolute Gasteiger partial charge is 0.0584 e. The average molecular weight is 147 g/mol. The lowest BCUT2D eigenvalue weighted by Crippen LogP contribution is -2.24. The first kappa shape index (κ1) is 9.88. The Hall–Kier alpha value is -0.120. The zero-order chi connectivity index (χ0) is 7.82. The molecule has 1 rings (SSSR count). The minimum absolute atomic E-state index is 0.306. The van der Waals surface area contributed by atoms with Crippen molar-refractivity contribution >= 4 is 0 Å². The molecule has 0 aromatic rings. The van der Waals surface area contributed by atoms with Crippen LogP contribution in [0.2, 0.25) is 0 Å². The number of aliphatic hydroxyl groups is 1. The molecule has 1 fully saturated rings. The van der Waals surface area contributed by atoms with E-state index in [0.29, 0.717) is 12.6 Å². The third-order valence-corrected chi connectivity index (χ3v) is 1.38. The maximum absolute atomic E-state index is 8.50. The largest absolute Gasteiger partial charge is 0.395 e. The maximum Gasteiger partial charge on any atom is 0.0584 e. The second-order valence-electron chi connectivity index (χ2n) is 2.38. The molecule has 0 aromatic heterocycles. The van der Waals surface area contributed by atoms with E-state index in [4.69, 9.17) is 5.11 Å². The number of nitrogens with one attached hydrogen (secondary N) is 1. The number of methoxy groups -OCH3 is 1. The minimum atomic E-state index is 0.306. The Balaban J connectivity index is 0.000000236. The lowest BCUT2D eigenvalue weighted by molar-refractivity contribution is 0.255. The van der Waals surface area contributed by atoms with E-state index in [2.05, 4.69) is 10.1 Å². The topological polar surface area (TPSA) is 41.5 Å². The highest BCUT2D eigenvalue weighted by atomic mass is 16.4. The quantitative estimate of drug-likeness (QED) is 0.548. The summed E-state index contributed by atoms with van der Waals surface area (Å²) in [5, 5.41) is 11.7. The van der Waals surface area contributed by atoms with Crippen LogP contribution in [0.15, 0.2) is 0 Å². The van der Waals surface area contributed by atoms with Crippen LogP contribution in [0.1, 0.15) is 12.8 Å². The fraction of sp³-hybridized carbons (Fsp3) is 1.00. The van der Waals surface area contributed by atoms with Gasteiger partial charge in [-0.1, -0.05) is 0 Å². The fourth-order valence-electron chi connectivity index (χ4n) is 0.913. The number of rotatable bonds is 1. The van der Waals surface area contributed by atoms with Gasteiger partial charge in [0, 0.05) is 20.3 Å². The summed E-state index contributed by atoms with van der Waals surface area (Å²) in [6.07, 6.45) is 2.38. The molecule has 0 amide bonds. The number of ether oxygens (including phenoxy) is 1. The van der Waals surface area contributed by atoms with Crippen molar-refractivity contribution in [3.8, 4) is 0 Å². The molecule has 1 unspecified atom stereocenters. The van der Waals surface area contributed by atoms with E-state index in [1.54, 1.807) is 14.2 Å². The van der Waals surface area contributed by atoms with Crippen molar-refractivity contribution in [2.75, 3.05) is 27.4 Å². The van der Waals surface area contributed by atoms with Gasteiger partial charge in [-0.2, -0.15) is 0 Å². The zero-order valence-electron chi connectivity index (χ0n) is 6.76. The molecule has 0 aliphatic carbocycles. The van der Waals surface area contributed by atoms with Gasteiger partial charge >= 0.3 is 0 Å². The van der Waals surface area contributed by atoms with E-state index in [0.717, 1.165) is 13.0 Å². The highest BCUT2D eigenvalue weighted by Gasteiger charge is 2.10. The van der Waals surface area contributed by atoms with Crippen LogP contribution in [0.4, 0.5) is 0 Å². The molecular formula is C7H17NO2. The summed E-state index contributed by atoms with van der Waals surface area (Å²) >= 11 is 0. The second-order valence-corrected chi connectivity index (χ2v) is 2.38. The third-order valence-electron chi connectivity index (χ3n) is 1.38. The second kappa shape index (κ2) is 6.99. The molecule has 3 heteroatoms. The van der Waals surface area contributed by atoms with Crippen molar-refractivity contribution in [2.45, 2.75) is 18.9 Å². The molecule has 0 aromatic carbocycles. The third kappa shape index (κ3) is 4.73. The molecule has 0 spiro atoms. The van der Waals surface area contributed by atoms with Crippen molar-refractivity contribution in [3.63, 3.8) is 0 Å². The average Bonchev–Trinajstić information content (AvgIpc) is 2.39. The van der Waals surface area contributed by atoms with E-state index in [1.807, 2.05) is 0 Å². The van der Waals surface area contributed by atoms with Crippen molar-refractivity contribution in [3.05, 3.63) is 0 Å². The van der Waals surface area contributed by atoms with Gasteiger partial charge in [-0.3, -0.25) is 0 Å². The van der Waals surface area contributed by atoms with E-state index in [-0.39, 0.29) is 0 Å². The summed E-state index contributed by atoms with van der Waals surface area (Å²) in [6.45, 7) is 1.39. The SMILES string of the molecule is COC.OCC1CCCN1. The molecule has 10 heavy (non-hydrogen) atoms. The lowest BCUT2D eigenvalue weighted by atomic mass is 10.2. The van der Waals surface area contributed by atoms with Crippen LogP contribution in [-0.4, -0.2) is 38.5 Å². The molecule has 0 saturated carbocycles. The van der Waals surface area contributed by atoms with Crippen LogP contribution in [0.3, 0.4) is 0 Å². The summed E-state index contributed by atoms with van der Waals surface area (Å²) in [7, 11) is 3.25. The first-order valence-electron chi connectivity index (χ1n) is 3.59. The van der Waals surface area contributed by atoms with Gasteiger partial charge in [-0.15, -0.1) is 0 Å². The molecule has 62 valence electrons.